The maximum atomic E-state index is 14.9. The minimum atomic E-state index is -5.20. The van der Waals surface area contributed by atoms with Crippen molar-refractivity contribution >= 4 is 17.5 Å². The Balaban J connectivity index is 1.77. The lowest BCUT2D eigenvalue weighted by Gasteiger charge is -2.42. The molecular weight excluding hydrogens is 489 g/mol. The van der Waals surface area contributed by atoms with Gasteiger partial charge in [-0.25, -0.2) is 8.78 Å². The van der Waals surface area contributed by atoms with Gasteiger partial charge < -0.3 is 14.9 Å². The Morgan fingerprint density at radius 1 is 1.03 bits per heavy atom. The molecular formula is C23H26F5N5O3. The van der Waals surface area contributed by atoms with Gasteiger partial charge in [0.05, 0.1) is 0 Å². The molecule has 1 aliphatic heterocycles. The topological polar surface area (TPSA) is 88.2 Å². The van der Waals surface area contributed by atoms with Gasteiger partial charge in [0.25, 0.3) is 5.91 Å². The number of aliphatic hydroxyl groups is 1. The maximum Gasteiger partial charge on any atom is 0.472 e. The lowest BCUT2D eigenvalue weighted by molar-refractivity contribution is -0.174. The van der Waals surface area contributed by atoms with Crippen LogP contribution in [0.4, 0.5) is 27.6 Å². The lowest BCUT2D eigenvalue weighted by Crippen LogP contribution is -2.56. The van der Waals surface area contributed by atoms with Gasteiger partial charge in [-0.1, -0.05) is 13.0 Å². The second kappa shape index (κ2) is 11.6. The number of piperazine rings is 1. The van der Waals surface area contributed by atoms with E-state index in [0.29, 0.717) is 18.8 Å². The number of benzene rings is 2. The molecule has 1 unspecified atom stereocenters. The summed E-state index contributed by atoms with van der Waals surface area (Å²) < 4.78 is 65.2. The normalized spacial score (nSPS) is 15.9. The molecule has 0 bridgehead atoms. The number of rotatable bonds is 7. The second-order valence-corrected chi connectivity index (χ2v) is 8.13. The van der Waals surface area contributed by atoms with Gasteiger partial charge in [0.15, 0.2) is 6.35 Å². The van der Waals surface area contributed by atoms with Crippen LogP contribution in [0, 0.1) is 11.6 Å². The Labute approximate surface area is 204 Å². The van der Waals surface area contributed by atoms with Gasteiger partial charge in [0.1, 0.15) is 11.6 Å². The fourth-order valence-electron chi connectivity index (χ4n) is 3.70. The molecule has 0 spiro atoms. The molecule has 1 saturated heterocycles. The molecule has 0 saturated carbocycles. The predicted octanol–water partition coefficient (Wildman–Crippen LogP) is 2.21. The van der Waals surface area contributed by atoms with Crippen LogP contribution in [0.15, 0.2) is 42.5 Å². The van der Waals surface area contributed by atoms with Gasteiger partial charge in [-0.05, 0) is 42.9 Å². The van der Waals surface area contributed by atoms with Gasteiger partial charge in [-0.15, -0.1) is 0 Å². The molecule has 13 heteroatoms. The molecule has 36 heavy (non-hydrogen) atoms. The van der Waals surface area contributed by atoms with Crippen LogP contribution in [-0.4, -0.2) is 72.0 Å². The third kappa shape index (κ3) is 6.89. The number of aliphatic hydroxyl groups excluding tert-OH is 1. The highest BCUT2D eigenvalue weighted by Crippen LogP contribution is 2.24. The summed E-state index contributed by atoms with van der Waals surface area (Å²) in [7, 11) is 0. The zero-order chi connectivity index (χ0) is 26.5. The van der Waals surface area contributed by atoms with Gasteiger partial charge in [0, 0.05) is 49.5 Å². The average Bonchev–Trinajstić information content (AvgIpc) is 2.86. The average molecular weight is 515 g/mol. The Hall–Kier alpha value is -3.29. The van der Waals surface area contributed by atoms with Crippen LogP contribution in [-0.2, 0) is 11.3 Å². The zero-order valence-corrected chi connectivity index (χ0v) is 19.4. The quantitative estimate of drug-likeness (QED) is 0.298. The van der Waals surface area contributed by atoms with E-state index in [0.717, 1.165) is 25.7 Å². The summed E-state index contributed by atoms with van der Waals surface area (Å²) in [6, 6.07) is 8.54. The van der Waals surface area contributed by atoms with Crippen molar-refractivity contribution in [3.8, 4) is 0 Å². The summed E-state index contributed by atoms with van der Waals surface area (Å²) in [5.74, 6) is -4.87. The molecule has 1 atom stereocenters. The standard InChI is InChI=1S/C23H26F5N5O3/c1-2-31-9-11-32(12-10-31)22(36)33(18-7-5-17(24)6-8-18)14-16-4-3-15(13-19(16)25)20(34)29-30-21(35)23(26,27)28/h3-8,13,22,36H,2,9-12,14H2,1H3,(H,29,34)(H,30,35). The summed E-state index contributed by atoms with van der Waals surface area (Å²) in [6.07, 6.45) is -6.36. The molecule has 3 rings (SSSR count). The van der Waals surface area contributed by atoms with E-state index in [1.807, 2.05) is 6.92 Å². The van der Waals surface area contributed by atoms with E-state index >= 15 is 0 Å². The summed E-state index contributed by atoms with van der Waals surface area (Å²) in [5.41, 5.74) is 2.95. The molecule has 2 amide bonds. The highest BCUT2D eigenvalue weighted by Gasteiger charge is 2.39. The first-order valence-corrected chi connectivity index (χ1v) is 11.1. The second-order valence-electron chi connectivity index (χ2n) is 8.13. The third-order valence-corrected chi connectivity index (χ3v) is 5.82. The van der Waals surface area contributed by atoms with E-state index in [1.54, 1.807) is 10.3 Å². The van der Waals surface area contributed by atoms with Crippen molar-refractivity contribution in [1.82, 2.24) is 20.7 Å². The summed E-state index contributed by atoms with van der Waals surface area (Å²) >= 11 is 0. The molecule has 1 fully saturated rings. The number of hydrogen-bond donors (Lipinski definition) is 3. The van der Waals surface area contributed by atoms with Crippen molar-refractivity contribution in [2.75, 3.05) is 37.6 Å². The van der Waals surface area contributed by atoms with Crippen molar-refractivity contribution in [2.45, 2.75) is 26.0 Å². The van der Waals surface area contributed by atoms with Crippen LogP contribution in [0.25, 0.3) is 0 Å². The van der Waals surface area contributed by atoms with Crippen molar-refractivity contribution in [2.24, 2.45) is 0 Å². The van der Waals surface area contributed by atoms with Gasteiger partial charge in [0.2, 0.25) is 0 Å². The van der Waals surface area contributed by atoms with Crippen LogP contribution >= 0.6 is 0 Å². The number of amides is 2. The van der Waals surface area contributed by atoms with Crippen molar-refractivity contribution in [3.63, 3.8) is 0 Å². The van der Waals surface area contributed by atoms with Crippen molar-refractivity contribution in [3.05, 3.63) is 65.2 Å². The minimum absolute atomic E-state index is 0.0708. The SMILES string of the molecule is CCN1CCN(C(O)N(Cc2ccc(C(=O)NNC(=O)C(F)(F)F)cc2F)c2ccc(F)cc2)CC1. The molecule has 2 aromatic rings. The van der Waals surface area contributed by atoms with Crippen LogP contribution in [0.3, 0.4) is 0 Å². The predicted molar refractivity (Wildman–Crippen MR) is 120 cm³/mol. The molecule has 3 N–H and O–H groups in total. The molecule has 0 radical (unpaired) electrons. The van der Waals surface area contributed by atoms with E-state index in [2.05, 4.69) is 4.90 Å². The Morgan fingerprint density at radius 2 is 1.67 bits per heavy atom. The van der Waals surface area contributed by atoms with Gasteiger partial charge >= 0.3 is 12.1 Å². The number of hydrazine groups is 1. The minimum Gasteiger partial charge on any atom is -0.361 e. The molecule has 0 aliphatic carbocycles. The van der Waals surface area contributed by atoms with Crippen molar-refractivity contribution < 1.29 is 36.6 Å². The maximum absolute atomic E-state index is 14.9. The summed E-state index contributed by atoms with van der Waals surface area (Å²) in [4.78, 5) is 28.4. The number of halogens is 5. The van der Waals surface area contributed by atoms with Crippen LogP contribution in [0.2, 0.25) is 0 Å². The fourth-order valence-corrected chi connectivity index (χ4v) is 3.70. The van der Waals surface area contributed by atoms with E-state index in [1.165, 1.54) is 46.7 Å². The highest BCUT2D eigenvalue weighted by atomic mass is 19.4. The summed E-state index contributed by atoms with van der Waals surface area (Å²) in [5, 5.41) is 11.1. The highest BCUT2D eigenvalue weighted by molar-refractivity contribution is 5.95. The first-order chi connectivity index (χ1) is 17.0. The zero-order valence-electron chi connectivity index (χ0n) is 19.4. The number of anilines is 1. The molecule has 2 aromatic carbocycles. The van der Waals surface area contributed by atoms with Crippen LogP contribution in [0.1, 0.15) is 22.8 Å². The fraction of sp³-hybridized carbons (Fsp3) is 0.391. The Morgan fingerprint density at radius 3 is 2.22 bits per heavy atom. The first-order valence-electron chi connectivity index (χ1n) is 11.1. The number of likely N-dealkylation sites (N-methyl/N-ethyl adjacent to an activating group) is 1. The van der Waals surface area contributed by atoms with Gasteiger partial charge in [-0.3, -0.25) is 25.3 Å². The van der Waals surface area contributed by atoms with E-state index in [-0.39, 0.29) is 17.7 Å². The largest absolute Gasteiger partial charge is 0.472 e. The van der Waals surface area contributed by atoms with Crippen LogP contribution in [0.5, 0.6) is 0 Å². The number of hydrogen-bond acceptors (Lipinski definition) is 6. The van der Waals surface area contributed by atoms with Crippen molar-refractivity contribution in [1.29, 1.82) is 0 Å². The number of nitrogens with one attached hydrogen (secondary N) is 2. The number of alkyl halides is 3. The number of nitrogens with zero attached hydrogens (tertiary/aromatic N) is 3. The Kier molecular flexibility index (Phi) is 8.82. The number of carbonyl (C=O) groups is 2. The van der Waals surface area contributed by atoms with Crippen LogP contribution < -0.4 is 15.8 Å². The molecule has 196 valence electrons. The smallest absolute Gasteiger partial charge is 0.361 e. The Bertz CT molecular complexity index is 1060. The monoisotopic (exact) mass is 515 g/mol. The third-order valence-electron chi connectivity index (χ3n) is 5.82. The van der Waals surface area contributed by atoms with Gasteiger partial charge in [-0.2, -0.15) is 13.2 Å². The lowest BCUT2D eigenvalue weighted by atomic mass is 10.1. The van der Waals surface area contributed by atoms with E-state index < -0.39 is 36.0 Å². The van der Waals surface area contributed by atoms with E-state index in [4.69, 9.17) is 0 Å². The van der Waals surface area contributed by atoms with E-state index in [9.17, 15) is 36.6 Å². The molecule has 1 aliphatic rings. The number of carbonyl (C=O) groups excluding carboxylic acids is 2. The molecule has 0 aromatic heterocycles. The molecule has 1 heterocycles. The first kappa shape index (κ1) is 27.3. The summed E-state index contributed by atoms with van der Waals surface area (Å²) in [6.45, 7) is 5.32. The molecule has 8 nitrogen and oxygen atoms in total.